The number of anilines is 1. The van der Waals surface area contributed by atoms with Gasteiger partial charge in [-0.1, -0.05) is 54.6 Å². The van der Waals surface area contributed by atoms with Crippen molar-refractivity contribution < 1.29 is 14.3 Å². The Balaban J connectivity index is 1.68. The Kier molecular flexibility index (Phi) is 6.86. The van der Waals surface area contributed by atoms with Gasteiger partial charge in [-0.3, -0.25) is 9.59 Å². The minimum Gasteiger partial charge on any atom is -0.483 e. The molecule has 2 amide bonds. The molecular weight excluding hydrogens is 376 g/mol. The van der Waals surface area contributed by atoms with E-state index in [9.17, 15) is 9.59 Å². The van der Waals surface area contributed by atoms with Crippen molar-refractivity contribution in [2.24, 2.45) is 0 Å². The number of hydrogen-bond acceptors (Lipinski definition) is 3. The molecule has 0 unspecified atom stereocenters. The third kappa shape index (κ3) is 5.06. The van der Waals surface area contributed by atoms with E-state index in [4.69, 9.17) is 4.74 Å². The number of aryl methyl sites for hydroxylation is 1. The highest BCUT2D eigenvalue weighted by Gasteiger charge is 2.19. The molecule has 154 valence electrons. The third-order valence-corrected chi connectivity index (χ3v) is 5.09. The minimum absolute atomic E-state index is 0.110. The second kappa shape index (κ2) is 9.74. The number of nitrogens with one attached hydrogen (secondary N) is 1. The van der Waals surface area contributed by atoms with Gasteiger partial charge in [0, 0.05) is 13.6 Å². The lowest BCUT2D eigenvalue weighted by molar-refractivity contribution is -0.120. The van der Waals surface area contributed by atoms with Gasteiger partial charge >= 0.3 is 0 Å². The Bertz CT molecular complexity index is 1030. The number of carbonyl (C=O) groups is 2. The maximum Gasteiger partial charge on any atom is 0.264 e. The number of carbonyl (C=O) groups excluding carboxylic acids is 2. The van der Waals surface area contributed by atoms with E-state index in [1.807, 2.05) is 62.4 Å². The summed E-state index contributed by atoms with van der Waals surface area (Å²) in [6.07, 6.45) is 0. The summed E-state index contributed by atoms with van der Waals surface area (Å²) in [6.45, 7) is 4.27. The second-order valence-electron chi connectivity index (χ2n) is 7.12. The van der Waals surface area contributed by atoms with Crippen molar-refractivity contribution in [3.05, 3.63) is 95.1 Å². The molecule has 0 aliphatic rings. The van der Waals surface area contributed by atoms with Crippen LogP contribution in [0, 0.1) is 13.8 Å². The Labute approximate surface area is 177 Å². The number of nitrogens with zero attached hydrogens (tertiary/aromatic N) is 1. The summed E-state index contributed by atoms with van der Waals surface area (Å²) in [5.74, 6) is 0.217. The first kappa shape index (κ1) is 21.1. The number of hydrogen-bond donors (Lipinski definition) is 1. The fourth-order valence-electron chi connectivity index (χ4n) is 3.08. The first-order chi connectivity index (χ1) is 14.5. The summed E-state index contributed by atoms with van der Waals surface area (Å²) in [5, 5.41) is 2.91. The van der Waals surface area contributed by atoms with E-state index in [0.717, 1.165) is 16.7 Å². The molecule has 0 aromatic heterocycles. The highest BCUT2D eigenvalue weighted by atomic mass is 16.5. The van der Waals surface area contributed by atoms with Crippen LogP contribution in [0.15, 0.2) is 72.8 Å². The molecule has 3 rings (SSSR count). The summed E-state index contributed by atoms with van der Waals surface area (Å²) in [7, 11) is 1.65. The van der Waals surface area contributed by atoms with Gasteiger partial charge in [-0.05, 0) is 48.7 Å². The third-order valence-electron chi connectivity index (χ3n) is 5.09. The van der Waals surface area contributed by atoms with Crippen molar-refractivity contribution in [3.8, 4) is 5.75 Å². The van der Waals surface area contributed by atoms with Crippen LogP contribution >= 0.6 is 0 Å². The molecule has 0 heterocycles. The maximum atomic E-state index is 12.7. The molecule has 0 fully saturated rings. The predicted molar refractivity (Wildman–Crippen MR) is 119 cm³/mol. The maximum absolute atomic E-state index is 12.7. The van der Waals surface area contributed by atoms with Gasteiger partial charge < -0.3 is 15.0 Å². The average Bonchev–Trinajstić information content (AvgIpc) is 2.78. The first-order valence-corrected chi connectivity index (χ1v) is 9.84. The van der Waals surface area contributed by atoms with Crippen molar-refractivity contribution in [2.75, 3.05) is 18.6 Å². The molecule has 0 saturated carbocycles. The molecule has 0 radical (unpaired) electrons. The highest BCUT2D eigenvalue weighted by molar-refractivity contribution is 6.04. The standard InChI is InChI=1S/C25H26N2O3/c1-18-10-9-15-23(19(18)2)30-17-24(28)27(3)22-14-8-7-13-21(22)25(29)26-16-20-11-5-4-6-12-20/h4-15H,16-17H2,1-3H3,(H,26,29). The van der Waals surface area contributed by atoms with Crippen molar-refractivity contribution in [2.45, 2.75) is 20.4 Å². The van der Waals surface area contributed by atoms with Gasteiger partial charge in [0.05, 0.1) is 11.3 Å². The van der Waals surface area contributed by atoms with Gasteiger partial charge in [0.25, 0.3) is 11.8 Å². The van der Waals surface area contributed by atoms with Crippen LogP contribution in [0.5, 0.6) is 5.75 Å². The Hall–Kier alpha value is -3.60. The quantitative estimate of drug-likeness (QED) is 0.642. The zero-order valence-electron chi connectivity index (χ0n) is 17.5. The van der Waals surface area contributed by atoms with Crippen LogP contribution in [-0.4, -0.2) is 25.5 Å². The number of para-hydroxylation sites is 1. The summed E-state index contributed by atoms with van der Waals surface area (Å²) < 4.78 is 5.74. The van der Waals surface area contributed by atoms with Crippen LogP contribution in [0.2, 0.25) is 0 Å². The lowest BCUT2D eigenvalue weighted by atomic mass is 10.1. The number of benzene rings is 3. The normalized spacial score (nSPS) is 10.4. The van der Waals surface area contributed by atoms with Crippen molar-refractivity contribution in [3.63, 3.8) is 0 Å². The van der Waals surface area contributed by atoms with Crippen LogP contribution in [0.1, 0.15) is 27.0 Å². The zero-order valence-corrected chi connectivity index (χ0v) is 17.5. The molecule has 30 heavy (non-hydrogen) atoms. The van der Waals surface area contributed by atoms with Crippen LogP contribution in [0.25, 0.3) is 0 Å². The molecule has 5 heteroatoms. The predicted octanol–water partition coefficient (Wildman–Crippen LogP) is 4.28. The minimum atomic E-state index is -0.237. The zero-order chi connectivity index (χ0) is 21.5. The number of likely N-dealkylation sites (N-methyl/N-ethyl adjacent to an activating group) is 1. The van der Waals surface area contributed by atoms with Gasteiger partial charge in [-0.15, -0.1) is 0 Å². The van der Waals surface area contributed by atoms with Crippen LogP contribution in [0.4, 0.5) is 5.69 Å². The van der Waals surface area contributed by atoms with Crippen LogP contribution in [-0.2, 0) is 11.3 Å². The summed E-state index contributed by atoms with van der Waals surface area (Å²) in [6, 6.07) is 22.5. The molecule has 0 aliphatic heterocycles. The fourth-order valence-corrected chi connectivity index (χ4v) is 3.08. The van der Waals surface area contributed by atoms with E-state index in [-0.39, 0.29) is 18.4 Å². The lowest BCUT2D eigenvalue weighted by Crippen LogP contribution is -2.34. The van der Waals surface area contributed by atoms with Gasteiger partial charge in [0.1, 0.15) is 5.75 Å². The molecule has 0 spiro atoms. The number of amides is 2. The Morgan fingerprint density at radius 2 is 1.60 bits per heavy atom. The number of rotatable bonds is 7. The molecule has 5 nitrogen and oxygen atoms in total. The topological polar surface area (TPSA) is 58.6 Å². The molecule has 0 bridgehead atoms. The molecule has 1 N–H and O–H groups in total. The molecule has 3 aromatic rings. The Morgan fingerprint density at radius 1 is 0.900 bits per heavy atom. The summed E-state index contributed by atoms with van der Waals surface area (Å²) in [5.41, 5.74) is 4.10. The van der Waals surface area contributed by atoms with Crippen molar-refractivity contribution in [1.82, 2.24) is 5.32 Å². The summed E-state index contributed by atoms with van der Waals surface area (Å²) >= 11 is 0. The van der Waals surface area contributed by atoms with E-state index in [0.29, 0.717) is 23.5 Å². The highest BCUT2D eigenvalue weighted by Crippen LogP contribution is 2.22. The van der Waals surface area contributed by atoms with E-state index in [1.54, 1.807) is 31.3 Å². The Morgan fingerprint density at radius 3 is 2.37 bits per heavy atom. The molecule has 0 aliphatic carbocycles. The number of ether oxygens (including phenoxy) is 1. The van der Waals surface area contributed by atoms with Crippen LogP contribution in [0.3, 0.4) is 0 Å². The smallest absolute Gasteiger partial charge is 0.264 e. The van der Waals surface area contributed by atoms with Crippen LogP contribution < -0.4 is 15.0 Å². The van der Waals surface area contributed by atoms with E-state index in [2.05, 4.69) is 5.32 Å². The molecule has 3 aromatic carbocycles. The van der Waals surface area contributed by atoms with E-state index >= 15 is 0 Å². The van der Waals surface area contributed by atoms with Crippen molar-refractivity contribution in [1.29, 1.82) is 0 Å². The van der Waals surface area contributed by atoms with Gasteiger partial charge in [0.2, 0.25) is 0 Å². The first-order valence-electron chi connectivity index (χ1n) is 9.84. The lowest BCUT2D eigenvalue weighted by Gasteiger charge is -2.21. The SMILES string of the molecule is Cc1cccc(OCC(=O)N(C)c2ccccc2C(=O)NCc2ccccc2)c1C. The monoisotopic (exact) mass is 402 g/mol. The van der Waals surface area contributed by atoms with Crippen molar-refractivity contribution >= 4 is 17.5 Å². The summed E-state index contributed by atoms with van der Waals surface area (Å²) in [4.78, 5) is 26.9. The van der Waals surface area contributed by atoms with E-state index < -0.39 is 0 Å². The molecule has 0 saturated heterocycles. The molecule has 0 atom stereocenters. The van der Waals surface area contributed by atoms with Gasteiger partial charge in [-0.2, -0.15) is 0 Å². The fraction of sp³-hybridized carbons (Fsp3) is 0.200. The van der Waals surface area contributed by atoms with Gasteiger partial charge in [-0.25, -0.2) is 0 Å². The van der Waals surface area contributed by atoms with E-state index in [1.165, 1.54) is 4.90 Å². The largest absolute Gasteiger partial charge is 0.483 e. The van der Waals surface area contributed by atoms with Gasteiger partial charge in [0.15, 0.2) is 6.61 Å². The average molecular weight is 402 g/mol. The molecular formula is C25H26N2O3. The second-order valence-corrected chi connectivity index (χ2v) is 7.12.